The Bertz CT molecular complexity index is 430. The predicted molar refractivity (Wildman–Crippen MR) is 79.9 cm³/mol. The molecule has 0 fully saturated rings. The molecule has 0 heterocycles. The number of hydrazine groups is 1. The molecular weight excluding hydrogens is 256 g/mol. The Kier molecular flexibility index (Phi) is 5.80. The summed E-state index contributed by atoms with van der Waals surface area (Å²) in [6.45, 7) is 6.33. The van der Waals surface area contributed by atoms with Crippen molar-refractivity contribution in [1.29, 1.82) is 0 Å². The third kappa shape index (κ3) is 3.62. The summed E-state index contributed by atoms with van der Waals surface area (Å²) in [7, 11) is 4.96. The van der Waals surface area contributed by atoms with Crippen molar-refractivity contribution in [2.45, 2.75) is 32.9 Å². The molecule has 1 aromatic carbocycles. The van der Waals surface area contributed by atoms with Crippen molar-refractivity contribution in [2.75, 3.05) is 21.3 Å². The van der Waals surface area contributed by atoms with Crippen LogP contribution in [0.2, 0.25) is 0 Å². The Balaban J connectivity index is 3.29. The van der Waals surface area contributed by atoms with Gasteiger partial charge in [-0.3, -0.25) is 11.3 Å². The van der Waals surface area contributed by atoms with Crippen LogP contribution in [0.4, 0.5) is 0 Å². The van der Waals surface area contributed by atoms with Gasteiger partial charge in [-0.2, -0.15) is 0 Å². The minimum Gasteiger partial charge on any atom is -0.497 e. The summed E-state index contributed by atoms with van der Waals surface area (Å²) in [4.78, 5) is 0. The molecule has 5 nitrogen and oxygen atoms in total. The fourth-order valence-electron chi connectivity index (χ4n) is 2.41. The lowest BCUT2D eigenvalue weighted by Gasteiger charge is -2.36. The van der Waals surface area contributed by atoms with Crippen LogP contribution < -0.4 is 20.7 Å². The van der Waals surface area contributed by atoms with Gasteiger partial charge in [0, 0.05) is 12.7 Å². The summed E-state index contributed by atoms with van der Waals surface area (Å²) in [6.07, 6.45) is -0.117. The summed E-state index contributed by atoms with van der Waals surface area (Å²) in [5.41, 5.74) is 3.67. The molecule has 2 unspecified atom stereocenters. The van der Waals surface area contributed by atoms with Crippen molar-refractivity contribution < 1.29 is 14.2 Å². The molecule has 0 radical (unpaired) electrons. The molecule has 20 heavy (non-hydrogen) atoms. The van der Waals surface area contributed by atoms with Crippen molar-refractivity contribution in [3.05, 3.63) is 23.8 Å². The van der Waals surface area contributed by atoms with E-state index in [-0.39, 0.29) is 17.6 Å². The summed E-state index contributed by atoms with van der Waals surface area (Å²) < 4.78 is 16.4. The second-order valence-electron chi connectivity index (χ2n) is 5.77. The number of benzene rings is 1. The van der Waals surface area contributed by atoms with Gasteiger partial charge in [0.1, 0.15) is 11.5 Å². The van der Waals surface area contributed by atoms with E-state index in [0.29, 0.717) is 0 Å². The number of hydrogen-bond donors (Lipinski definition) is 2. The van der Waals surface area contributed by atoms with Crippen molar-refractivity contribution in [3.63, 3.8) is 0 Å². The first kappa shape index (κ1) is 16.8. The van der Waals surface area contributed by atoms with E-state index in [1.54, 1.807) is 21.3 Å². The normalized spacial score (nSPS) is 14.8. The van der Waals surface area contributed by atoms with Gasteiger partial charge in [0.15, 0.2) is 0 Å². The van der Waals surface area contributed by atoms with Crippen LogP contribution in [0, 0.1) is 5.41 Å². The third-order valence-electron chi connectivity index (χ3n) is 3.36. The van der Waals surface area contributed by atoms with Gasteiger partial charge in [-0.05, 0) is 23.6 Å². The fourth-order valence-corrected chi connectivity index (χ4v) is 2.41. The van der Waals surface area contributed by atoms with Crippen LogP contribution >= 0.6 is 0 Å². The van der Waals surface area contributed by atoms with Crippen LogP contribution in [0.25, 0.3) is 0 Å². The molecule has 0 spiro atoms. The van der Waals surface area contributed by atoms with E-state index >= 15 is 0 Å². The maximum absolute atomic E-state index is 5.77. The minimum absolute atomic E-state index is 0.0835. The van der Waals surface area contributed by atoms with Gasteiger partial charge in [-0.1, -0.05) is 20.8 Å². The van der Waals surface area contributed by atoms with Crippen molar-refractivity contribution in [1.82, 2.24) is 5.43 Å². The van der Waals surface area contributed by atoms with Gasteiger partial charge in [0.25, 0.3) is 0 Å². The van der Waals surface area contributed by atoms with E-state index in [1.165, 1.54) is 0 Å². The predicted octanol–water partition coefficient (Wildman–Crippen LogP) is 2.27. The molecule has 0 amide bonds. The largest absolute Gasteiger partial charge is 0.497 e. The topological polar surface area (TPSA) is 65.7 Å². The summed E-state index contributed by atoms with van der Waals surface area (Å²) in [5.74, 6) is 7.27. The molecule has 1 aromatic rings. The van der Waals surface area contributed by atoms with Crippen molar-refractivity contribution in [2.24, 2.45) is 11.3 Å². The second kappa shape index (κ2) is 6.92. The number of nitrogens with one attached hydrogen (secondary N) is 1. The molecule has 5 heteroatoms. The lowest BCUT2D eigenvalue weighted by molar-refractivity contribution is -0.0125. The first-order chi connectivity index (χ1) is 9.38. The van der Waals surface area contributed by atoms with Gasteiger partial charge < -0.3 is 14.2 Å². The molecule has 0 saturated heterocycles. The van der Waals surface area contributed by atoms with Gasteiger partial charge in [0.05, 0.1) is 26.4 Å². The number of hydrogen-bond acceptors (Lipinski definition) is 5. The highest BCUT2D eigenvalue weighted by Crippen LogP contribution is 2.37. The van der Waals surface area contributed by atoms with Gasteiger partial charge >= 0.3 is 0 Å². The molecule has 114 valence electrons. The Morgan fingerprint density at radius 1 is 1.10 bits per heavy atom. The van der Waals surface area contributed by atoms with E-state index < -0.39 is 0 Å². The molecule has 3 N–H and O–H groups in total. The van der Waals surface area contributed by atoms with Gasteiger partial charge in [-0.25, -0.2) is 0 Å². The van der Waals surface area contributed by atoms with Crippen LogP contribution in [0.5, 0.6) is 11.5 Å². The third-order valence-corrected chi connectivity index (χ3v) is 3.36. The maximum Gasteiger partial charge on any atom is 0.124 e. The van der Waals surface area contributed by atoms with E-state index in [9.17, 15) is 0 Å². The number of ether oxygens (including phenoxy) is 3. The number of nitrogens with two attached hydrogens (primary N) is 1. The average Bonchev–Trinajstić information content (AvgIpc) is 2.42. The highest BCUT2D eigenvalue weighted by Gasteiger charge is 2.34. The van der Waals surface area contributed by atoms with Crippen LogP contribution in [0.1, 0.15) is 32.4 Å². The van der Waals surface area contributed by atoms with Crippen LogP contribution in [0.3, 0.4) is 0 Å². The smallest absolute Gasteiger partial charge is 0.124 e. The summed E-state index contributed by atoms with van der Waals surface area (Å²) in [6, 6.07) is 5.44. The van der Waals surface area contributed by atoms with E-state index in [1.807, 2.05) is 18.2 Å². The van der Waals surface area contributed by atoms with Gasteiger partial charge in [-0.15, -0.1) is 0 Å². The lowest BCUT2D eigenvalue weighted by Crippen LogP contribution is -2.44. The molecule has 1 rings (SSSR count). The van der Waals surface area contributed by atoms with Crippen LogP contribution in [-0.4, -0.2) is 27.4 Å². The monoisotopic (exact) mass is 282 g/mol. The second-order valence-corrected chi connectivity index (χ2v) is 5.77. The Morgan fingerprint density at radius 2 is 1.75 bits per heavy atom. The average molecular weight is 282 g/mol. The van der Waals surface area contributed by atoms with E-state index in [2.05, 4.69) is 26.2 Å². The highest BCUT2D eigenvalue weighted by molar-refractivity contribution is 5.43. The van der Waals surface area contributed by atoms with Crippen LogP contribution in [0.15, 0.2) is 18.2 Å². The number of methoxy groups -OCH3 is 3. The Labute approximate surface area is 121 Å². The molecule has 0 aromatic heterocycles. The van der Waals surface area contributed by atoms with Crippen molar-refractivity contribution in [3.8, 4) is 11.5 Å². The molecule has 0 aliphatic heterocycles. The SMILES string of the molecule is COc1ccc(OC)c(C(NN)C(OC)C(C)(C)C)c1. The maximum atomic E-state index is 5.77. The quantitative estimate of drug-likeness (QED) is 0.619. The Morgan fingerprint density at radius 3 is 2.15 bits per heavy atom. The fraction of sp³-hybridized carbons (Fsp3) is 0.600. The van der Waals surface area contributed by atoms with Crippen LogP contribution in [-0.2, 0) is 4.74 Å². The molecule has 0 bridgehead atoms. The molecule has 0 aliphatic rings. The zero-order valence-corrected chi connectivity index (χ0v) is 13.2. The zero-order valence-electron chi connectivity index (χ0n) is 13.2. The van der Waals surface area contributed by atoms with Gasteiger partial charge in [0.2, 0.25) is 0 Å². The standard InChI is InChI=1S/C15H26N2O3/c1-15(2,3)14(20-6)13(17-16)11-9-10(18-4)7-8-12(11)19-5/h7-9,13-14,17H,16H2,1-6H3. The molecule has 0 aliphatic carbocycles. The summed E-state index contributed by atoms with van der Waals surface area (Å²) >= 11 is 0. The van der Waals surface area contributed by atoms with E-state index in [0.717, 1.165) is 17.1 Å². The highest BCUT2D eigenvalue weighted by atomic mass is 16.5. The number of rotatable bonds is 6. The first-order valence-electron chi connectivity index (χ1n) is 6.59. The van der Waals surface area contributed by atoms with Crippen molar-refractivity contribution >= 4 is 0 Å². The minimum atomic E-state index is -0.204. The van der Waals surface area contributed by atoms with E-state index in [4.69, 9.17) is 20.1 Å². The zero-order chi connectivity index (χ0) is 15.3. The molecular formula is C15H26N2O3. The molecule has 2 atom stereocenters. The lowest BCUT2D eigenvalue weighted by atomic mass is 9.82. The first-order valence-corrected chi connectivity index (χ1v) is 6.59. The Hall–Kier alpha value is -1.30. The summed E-state index contributed by atoms with van der Waals surface area (Å²) in [5, 5.41) is 0. The molecule has 0 saturated carbocycles.